The van der Waals surface area contributed by atoms with Gasteiger partial charge in [0.05, 0.1) is 30.9 Å². The minimum absolute atomic E-state index is 0.0274. The number of alkyl halides is 3. The van der Waals surface area contributed by atoms with E-state index in [0.29, 0.717) is 26.3 Å². The molecule has 2 aromatic rings. The molecule has 2 fully saturated rings. The molecule has 46 heavy (non-hydrogen) atoms. The van der Waals surface area contributed by atoms with E-state index in [1.54, 1.807) is 25.7 Å². The van der Waals surface area contributed by atoms with Gasteiger partial charge < -0.3 is 24.2 Å². The number of aromatic nitrogens is 3. The first-order valence-electron chi connectivity index (χ1n) is 15.5. The quantitative estimate of drug-likeness (QED) is 0.386. The van der Waals surface area contributed by atoms with Gasteiger partial charge in [0.2, 0.25) is 5.91 Å². The molecule has 1 aromatic heterocycles. The van der Waals surface area contributed by atoms with Crippen LogP contribution in [-0.4, -0.2) is 111 Å². The lowest BCUT2D eigenvalue weighted by molar-refractivity contribution is -0.142. The molecular formula is C31H42F4N6O5. The van der Waals surface area contributed by atoms with Crippen LogP contribution in [0.4, 0.5) is 22.4 Å². The Morgan fingerprint density at radius 3 is 2.35 bits per heavy atom. The standard InChI is InChI=1S/C31H42F4N6O5/c1-20(2)17-40(28(43)26-25(10-11-31(33,34)35)41(37-36-26)24-9-7-6-8-23(24)32)22-16-21(27(42)38-12-14-45-15-13-38)18-39(19-22)29(44)46-30(3,4)5/h6-9,20-22H,10-19H2,1-5H3. The molecule has 0 spiro atoms. The maximum atomic E-state index is 14.8. The molecule has 1 aromatic carbocycles. The Hall–Kier alpha value is -3.75. The van der Waals surface area contributed by atoms with E-state index in [1.165, 1.54) is 28.0 Å². The molecule has 0 bridgehead atoms. The van der Waals surface area contributed by atoms with E-state index in [0.717, 1.165) is 10.7 Å². The van der Waals surface area contributed by atoms with Crippen LogP contribution in [-0.2, 0) is 20.7 Å². The van der Waals surface area contributed by atoms with Gasteiger partial charge in [0.25, 0.3) is 5.91 Å². The molecule has 0 aliphatic carbocycles. The third kappa shape index (κ3) is 8.95. The van der Waals surface area contributed by atoms with Gasteiger partial charge in [-0.3, -0.25) is 9.59 Å². The van der Waals surface area contributed by atoms with Gasteiger partial charge in [0, 0.05) is 45.6 Å². The SMILES string of the molecule is CC(C)CN(C(=O)c1nnn(-c2ccccc2F)c1CCC(F)(F)F)C1CC(C(=O)N2CCOCC2)CN(C(=O)OC(C)(C)C)C1. The first kappa shape index (κ1) is 35.1. The number of morpholine rings is 1. The van der Waals surface area contributed by atoms with Crippen LogP contribution in [0.3, 0.4) is 0 Å². The van der Waals surface area contributed by atoms with Crippen molar-refractivity contribution in [2.75, 3.05) is 45.9 Å². The zero-order valence-corrected chi connectivity index (χ0v) is 26.8. The van der Waals surface area contributed by atoms with Crippen molar-refractivity contribution >= 4 is 17.9 Å². The van der Waals surface area contributed by atoms with Crippen molar-refractivity contribution < 1.29 is 41.4 Å². The van der Waals surface area contributed by atoms with Gasteiger partial charge in [0.15, 0.2) is 5.69 Å². The maximum absolute atomic E-state index is 14.8. The molecular weight excluding hydrogens is 612 g/mol. The number of hydrogen-bond acceptors (Lipinski definition) is 7. The van der Waals surface area contributed by atoms with Crippen LogP contribution in [0, 0.1) is 17.7 Å². The molecule has 0 radical (unpaired) electrons. The van der Waals surface area contributed by atoms with Crippen molar-refractivity contribution in [2.45, 2.75) is 71.7 Å². The van der Waals surface area contributed by atoms with Gasteiger partial charge >= 0.3 is 12.3 Å². The molecule has 2 unspecified atom stereocenters. The lowest BCUT2D eigenvalue weighted by Gasteiger charge is -2.44. The molecule has 4 rings (SSSR count). The Kier molecular flexibility index (Phi) is 11.0. The zero-order valence-electron chi connectivity index (χ0n) is 26.8. The van der Waals surface area contributed by atoms with Gasteiger partial charge in [-0.15, -0.1) is 5.10 Å². The van der Waals surface area contributed by atoms with Crippen LogP contribution < -0.4 is 0 Å². The number of piperidine rings is 1. The van der Waals surface area contributed by atoms with Crippen molar-refractivity contribution in [1.29, 1.82) is 0 Å². The number of ether oxygens (including phenoxy) is 2. The third-order valence-corrected chi connectivity index (χ3v) is 7.71. The Morgan fingerprint density at radius 1 is 1.07 bits per heavy atom. The average molecular weight is 655 g/mol. The van der Waals surface area contributed by atoms with Crippen LogP contribution in [0.5, 0.6) is 0 Å². The number of carbonyl (C=O) groups excluding carboxylic acids is 3. The molecule has 2 saturated heterocycles. The first-order chi connectivity index (χ1) is 21.5. The zero-order chi connectivity index (χ0) is 33.8. The highest BCUT2D eigenvalue weighted by Gasteiger charge is 2.42. The summed E-state index contributed by atoms with van der Waals surface area (Å²) in [5, 5.41) is 7.90. The van der Waals surface area contributed by atoms with Crippen molar-refractivity contribution in [3.05, 3.63) is 41.5 Å². The van der Waals surface area contributed by atoms with Gasteiger partial charge in [-0.2, -0.15) is 13.2 Å². The van der Waals surface area contributed by atoms with Gasteiger partial charge in [-0.05, 0) is 45.2 Å². The minimum Gasteiger partial charge on any atom is -0.444 e. The normalized spacial score (nSPS) is 19.3. The minimum atomic E-state index is -4.56. The number of benzene rings is 1. The van der Waals surface area contributed by atoms with Gasteiger partial charge in [-0.1, -0.05) is 31.2 Å². The number of rotatable bonds is 8. The Labute approximate surface area is 265 Å². The van der Waals surface area contributed by atoms with Crippen molar-refractivity contribution in [1.82, 2.24) is 29.7 Å². The molecule has 3 heterocycles. The molecule has 11 nitrogen and oxygen atoms in total. The summed E-state index contributed by atoms with van der Waals surface area (Å²) in [5.41, 5.74) is -1.51. The predicted octanol–water partition coefficient (Wildman–Crippen LogP) is 4.48. The number of likely N-dealkylation sites (tertiary alicyclic amines) is 1. The molecule has 2 atom stereocenters. The Bertz CT molecular complexity index is 1390. The lowest BCUT2D eigenvalue weighted by Crippen LogP contribution is -2.58. The average Bonchev–Trinajstić information content (AvgIpc) is 3.41. The smallest absolute Gasteiger partial charge is 0.410 e. The maximum Gasteiger partial charge on any atom is 0.410 e. The summed E-state index contributed by atoms with van der Waals surface area (Å²) in [6.45, 7) is 10.7. The highest BCUT2D eigenvalue weighted by molar-refractivity contribution is 5.94. The summed E-state index contributed by atoms with van der Waals surface area (Å²) in [6, 6.07) is 4.69. The van der Waals surface area contributed by atoms with Crippen LogP contribution in [0.25, 0.3) is 5.69 Å². The molecule has 254 valence electrons. The van der Waals surface area contributed by atoms with Gasteiger partial charge in [0.1, 0.15) is 17.1 Å². The molecule has 3 amide bonds. The van der Waals surface area contributed by atoms with Gasteiger partial charge in [-0.25, -0.2) is 13.9 Å². The second kappa shape index (κ2) is 14.3. The fourth-order valence-corrected chi connectivity index (χ4v) is 5.69. The fraction of sp³-hybridized carbons (Fsp3) is 0.645. The monoisotopic (exact) mass is 654 g/mol. The number of para-hydroxylation sites is 1. The van der Waals surface area contributed by atoms with Crippen LogP contribution >= 0.6 is 0 Å². The van der Waals surface area contributed by atoms with Crippen molar-refractivity contribution in [3.63, 3.8) is 0 Å². The second-order valence-electron chi connectivity index (χ2n) is 13.1. The molecule has 2 aliphatic heterocycles. The second-order valence-corrected chi connectivity index (χ2v) is 13.1. The molecule has 0 N–H and O–H groups in total. The number of nitrogens with zero attached hydrogens (tertiary/aromatic N) is 6. The summed E-state index contributed by atoms with van der Waals surface area (Å²) in [7, 11) is 0. The molecule has 15 heteroatoms. The summed E-state index contributed by atoms with van der Waals surface area (Å²) in [6.07, 6.45) is -6.97. The molecule has 2 aliphatic rings. The highest BCUT2D eigenvalue weighted by Crippen LogP contribution is 2.29. The number of hydrogen-bond donors (Lipinski definition) is 0. The van der Waals surface area contributed by atoms with Crippen LogP contribution in [0.15, 0.2) is 24.3 Å². The van der Waals surface area contributed by atoms with E-state index >= 15 is 0 Å². The Morgan fingerprint density at radius 2 is 1.74 bits per heavy atom. The topological polar surface area (TPSA) is 110 Å². The van der Waals surface area contributed by atoms with Crippen molar-refractivity contribution in [3.8, 4) is 5.69 Å². The summed E-state index contributed by atoms with van der Waals surface area (Å²) in [5.74, 6) is -2.43. The van der Waals surface area contributed by atoms with E-state index in [4.69, 9.17) is 9.47 Å². The van der Waals surface area contributed by atoms with E-state index in [9.17, 15) is 31.9 Å². The summed E-state index contributed by atoms with van der Waals surface area (Å²) >= 11 is 0. The van der Waals surface area contributed by atoms with Crippen LogP contribution in [0.1, 0.15) is 63.6 Å². The first-order valence-corrected chi connectivity index (χ1v) is 15.5. The predicted molar refractivity (Wildman–Crippen MR) is 159 cm³/mol. The summed E-state index contributed by atoms with van der Waals surface area (Å²) in [4.78, 5) is 45.8. The molecule has 0 saturated carbocycles. The third-order valence-electron chi connectivity index (χ3n) is 7.71. The fourth-order valence-electron chi connectivity index (χ4n) is 5.69. The summed E-state index contributed by atoms with van der Waals surface area (Å²) < 4.78 is 66.9. The van der Waals surface area contributed by atoms with Crippen LogP contribution in [0.2, 0.25) is 0 Å². The number of halogens is 4. The number of carbonyl (C=O) groups is 3. The van der Waals surface area contributed by atoms with E-state index in [1.807, 2.05) is 13.8 Å². The largest absolute Gasteiger partial charge is 0.444 e. The Balaban J connectivity index is 1.73. The highest BCUT2D eigenvalue weighted by atomic mass is 19.4. The van der Waals surface area contributed by atoms with E-state index < -0.39 is 54.4 Å². The van der Waals surface area contributed by atoms with Crippen molar-refractivity contribution in [2.24, 2.45) is 11.8 Å². The van der Waals surface area contributed by atoms with E-state index in [-0.39, 0.29) is 55.0 Å². The van der Waals surface area contributed by atoms with E-state index in [2.05, 4.69) is 10.3 Å². The number of amides is 3. The lowest BCUT2D eigenvalue weighted by atomic mass is 9.91.